The minimum absolute atomic E-state index is 0.0596. The number of carbonyl (C=O) groups is 2. The summed E-state index contributed by atoms with van der Waals surface area (Å²) in [6.45, 7) is 2.48. The first-order valence-electron chi connectivity index (χ1n) is 10.5. The Morgan fingerprint density at radius 1 is 1.28 bits per heavy atom. The molecule has 166 valence electrons. The van der Waals surface area contributed by atoms with E-state index in [2.05, 4.69) is 20.4 Å². The summed E-state index contributed by atoms with van der Waals surface area (Å²) in [6.07, 6.45) is 5.08. The van der Waals surface area contributed by atoms with Crippen molar-refractivity contribution < 1.29 is 18.5 Å². The van der Waals surface area contributed by atoms with E-state index in [0.29, 0.717) is 30.4 Å². The third-order valence-electron chi connectivity index (χ3n) is 5.51. The lowest BCUT2D eigenvalue weighted by Gasteiger charge is -2.32. The fourth-order valence-corrected chi connectivity index (χ4v) is 3.91. The zero-order valence-electron chi connectivity index (χ0n) is 17.7. The molecular formula is C23H24FN5O3. The molecule has 0 aliphatic carbocycles. The van der Waals surface area contributed by atoms with Crippen molar-refractivity contribution in [2.75, 3.05) is 13.1 Å². The summed E-state index contributed by atoms with van der Waals surface area (Å²) in [4.78, 5) is 35.1. The quantitative estimate of drug-likeness (QED) is 0.635. The first-order valence-corrected chi connectivity index (χ1v) is 10.5. The Morgan fingerprint density at radius 2 is 2.09 bits per heavy atom. The normalized spacial score (nSPS) is 17.1. The van der Waals surface area contributed by atoms with Gasteiger partial charge in [-0.05, 0) is 42.7 Å². The molecule has 4 rings (SSSR count). The Hall–Kier alpha value is -3.62. The van der Waals surface area contributed by atoms with Gasteiger partial charge in [0, 0.05) is 38.0 Å². The maximum Gasteiger partial charge on any atom is 0.231 e. The summed E-state index contributed by atoms with van der Waals surface area (Å²) >= 11 is 0. The Labute approximate surface area is 184 Å². The molecule has 1 N–H and O–H groups in total. The molecule has 3 heterocycles. The van der Waals surface area contributed by atoms with Gasteiger partial charge in [0.15, 0.2) is 0 Å². The molecule has 0 radical (unpaired) electrons. The number of halogens is 1. The highest BCUT2D eigenvalue weighted by Crippen LogP contribution is 2.29. The second kappa shape index (κ2) is 9.67. The SMILES string of the molecule is CC(=O)N[C@@H](CC(=O)N1CCC[C@@H](c2nc(-c3cccnc3)no2)C1)c1ccc(F)cc1. The number of pyridine rings is 1. The fourth-order valence-electron chi connectivity index (χ4n) is 3.91. The molecule has 0 saturated carbocycles. The molecule has 0 bridgehead atoms. The van der Waals surface area contributed by atoms with Gasteiger partial charge in [0.25, 0.3) is 0 Å². The van der Waals surface area contributed by atoms with Crippen LogP contribution < -0.4 is 5.32 Å². The Kier molecular flexibility index (Phi) is 6.53. The van der Waals surface area contributed by atoms with Crippen LogP contribution in [0.25, 0.3) is 11.4 Å². The lowest BCUT2D eigenvalue weighted by molar-refractivity contribution is -0.133. The van der Waals surface area contributed by atoms with Crippen LogP contribution in [0.3, 0.4) is 0 Å². The van der Waals surface area contributed by atoms with Crippen LogP contribution in [0.1, 0.15) is 49.6 Å². The fraction of sp³-hybridized carbons (Fsp3) is 0.348. The molecule has 32 heavy (non-hydrogen) atoms. The van der Waals surface area contributed by atoms with Crippen LogP contribution in [-0.4, -0.2) is 44.9 Å². The smallest absolute Gasteiger partial charge is 0.231 e. The summed E-state index contributed by atoms with van der Waals surface area (Å²) in [7, 11) is 0. The predicted molar refractivity (Wildman–Crippen MR) is 114 cm³/mol. The van der Waals surface area contributed by atoms with Gasteiger partial charge in [-0.2, -0.15) is 4.98 Å². The molecule has 3 aromatic rings. The summed E-state index contributed by atoms with van der Waals surface area (Å²) in [5.41, 5.74) is 1.45. The first-order chi connectivity index (χ1) is 15.5. The highest BCUT2D eigenvalue weighted by atomic mass is 19.1. The second-order valence-electron chi connectivity index (χ2n) is 7.89. The Balaban J connectivity index is 1.44. The van der Waals surface area contributed by atoms with Gasteiger partial charge in [-0.3, -0.25) is 14.6 Å². The highest BCUT2D eigenvalue weighted by molar-refractivity contribution is 5.79. The van der Waals surface area contributed by atoms with Crippen LogP contribution in [-0.2, 0) is 9.59 Å². The van der Waals surface area contributed by atoms with Crippen LogP contribution in [0.2, 0.25) is 0 Å². The van der Waals surface area contributed by atoms with Crippen molar-refractivity contribution in [1.82, 2.24) is 25.3 Å². The Morgan fingerprint density at radius 3 is 2.81 bits per heavy atom. The van der Waals surface area contributed by atoms with Crippen LogP contribution in [0.4, 0.5) is 4.39 Å². The highest BCUT2D eigenvalue weighted by Gasteiger charge is 2.30. The summed E-state index contributed by atoms with van der Waals surface area (Å²) in [6, 6.07) is 8.94. The molecule has 1 aliphatic rings. The van der Waals surface area contributed by atoms with Gasteiger partial charge in [0.1, 0.15) is 5.82 Å². The third-order valence-corrected chi connectivity index (χ3v) is 5.51. The van der Waals surface area contributed by atoms with Crippen molar-refractivity contribution in [3.05, 3.63) is 66.1 Å². The predicted octanol–water partition coefficient (Wildman–Crippen LogP) is 3.24. The average Bonchev–Trinajstić information content (AvgIpc) is 3.30. The van der Waals surface area contributed by atoms with E-state index in [4.69, 9.17) is 4.52 Å². The molecule has 2 aromatic heterocycles. The van der Waals surface area contributed by atoms with E-state index in [-0.39, 0.29) is 30.0 Å². The molecule has 2 amide bonds. The van der Waals surface area contributed by atoms with Crippen molar-refractivity contribution in [3.8, 4) is 11.4 Å². The van der Waals surface area contributed by atoms with Gasteiger partial charge in [-0.25, -0.2) is 4.39 Å². The van der Waals surface area contributed by atoms with Gasteiger partial charge in [0.05, 0.1) is 18.4 Å². The molecule has 9 heteroatoms. The summed E-state index contributed by atoms with van der Waals surface area (Å²) in [5, 5.41) is 6.85. The lowest BCUT2D eigenvalue weighted by atomic mass is 9.96. The van der Waals surface area contributed by atoms with Crippen LogP contribution in [0, 0.1) is 5.82 Å². The molecule has 0 unspecified atom stereocenters. The maximum absolute atomic E-state index is 13.3. The van der Waals surface area contributed by atoms with E-state index >= 15 is 0 Å². The van der Waals surface area contributed by atoms with Crippen molar-refractivity contribution >= 4 is 11.8 Å². The van der Waals surface area contributed by atoms with Crippen molar-refractivity contribution in [2.45, 2.75) is 38.1 Å². The maximum atomic E-state index is 13.3. The van der Waals surface area contributed by atoms with Gasteiger partial charge in [-0.1, -0.05) is 17.3 Å². The number of nitrogens with one attached hydrogen (secondary N) is 1. The van der Waals surface area contributed by atoms with E-state index in [9.17, 15) is 14.0 Å². The van der Waals surface area contributed by atoms with E-state index in [0.717, 1.165) is 18.4 Å². The number of carbonyl (C=O) groups excluding carboxylic acids is 2. The zero-order valence-corrected chi connectivity index (χ0v) is 17.7. The number of hydrogen-bond acceptors (Lipinski definition) is 6. The zero-order chi connectivity index (χ0) is 22.5. The number of benzene rings is 1. The second-order valence-corrected chi connectivity index (χ2v) is 7.89. The van der Waals surface area contributed by atoms with Crippen LogP contribution in [0.5, 0.6) is 0 Å². The lowest BCUT2D eigenvalue weighted by Crippen LogP contribution is -2.41. The molecular weight excluding hydrogens is 413 g/mol. The minimum atomic E-state index is -0.526. The molecule has 1 fully saturated rings. The van der Waals surface area contributed by atoms with Gasteiger partial charge in [0.2, 0.25) is 23.5 Å². The third kappa shape index (κ3) is 5.16. The molecule has 2 atom stereocenters. The molecule has 0 spiro atoms. The summed E-state index contributed by atoms with van der Waals surface area (Å²) in [5.74, 6) is 0.195. The average molecular weight is 437 g/mol. The molecule has 1 aromatic carbocycles. The first kappa shape index (κ1) is 21.6. The molecule has 8 nitrogen and oxygen atoms in total. The number of piperidine rings is 1. The number of likely N-dealkylation sites (tertiary alicyclic amines) is 1. The number of rotatable bonds is 6. The number of hydrogen-bond donors (Lipinski definition) is 1. The standard InChI is InChI=1S/C23H24FN5O3/c1-15(30)26-20(16-6-8-19(24)9-7-16)12-21(31)29-11-3-5-18(14-29)23-27-22(28-32-23)17-4-2-10-25-13-17/h2,4,6-10,13,18,20H,3,5,11-12,14H2,1H3,(H,26,30)/t18-,20+/m1/s1. The molecule has 1 aliphatic heterocycles. The summed E-state index contributed by atoms with van der Waals surface area (Å²) < 4.78 is 18.8. The van der Waals surface area contributed by atoms with Crippen molar-refractivity contribution in [2.24, 2.45) is 0 Å². The van der Waals surface area contributed by atoms with E-state index in [1.54, 1.807) is 35.5 Å². The van der Waals surface area contributed by atoms with Gasteiger partial charge in [-0.15, -0.1) is 0 Å². The number of nitrogens with zero attached hydrogens (tertiary/aromatic N) is 4. The number of amides is 2. The monoisotopic (exact) mass is 437 g/mol. The van der Waals surface area contributed by atoms with Crippen molar-refractivity contribution in [3.63, 3.8) is 0 Å². The topological polar surface area (TPSA) is 101 Å². The van der Waals surface area contributed by atoms with Crippen LogP contribution in [0.15, 0.2) is 53.3 Å². The largest absolute Gasteiger partial charge is 0.349 e. The Bertz CT molecular complexity index is 1070. The molecule has 1 saturated heterocycles. The van der Waals surface area contributed by atoms with Gasteiger partial charge >= 0.3 is 0 Å². The van der Waals surface area contributed by atoms with Crippen molar-refractivity contribution in [1.29, 1.82) is 0 Å². The minimum Gasteiger partial charge on any atom is -0.349 e. The van der Waals surface area contributed by atoms with E-state index < -0.39 is 6.04 Å². The number of aromatic nitrogens is 3. The van der Waals surface area contributed by atoms with E-state index in [1.807, 2.05) is 6.07 Å². The van der Waals surface area contributed by atoms with Gasteiger partial charge < -0.3 is 14.7 Å². The van der Waals surface area contributed by atoms with E-state index in [1.165, 1.54) is 19.1 Å². The van der Waals surface area contributed by atoms with Crippen LogP contribution >= 0.6 is 0 Å².